The molecule has 1 aromatic carbocycles. The van der Waals surface area contributed by atoms with Crippen LogP contribution in [0.2, 0.25) is 0 Å². The van der Waals surface area contributed by atoms with Crippen LogP contribution in [0.3, 0.4) is 0 Å². The second-order valence-corrected chi connectivity index (χ2v) is 4.40. The topological polar surface area (TPSA) is 83.5 Å². The maximum atomic E-state index is 8.66. The summed E-state index contributed by atoms with van der Waals surface area (Å²) >= 11 is 0. The molecule has 0 radical (unpaired) electrons. The highest BCUT2D eigenvalue weighted by atomic mass is 16.4. The smallest absolute Gasteiger partial charge is 0.188 e. The van der Waals surface area contributed by atoms with Gasteiger partial charge in [0.1, 0.15) is 5.69 Å². The van der Waals surface area contributed by atoms with Gasteiger partial charge in [0.2, 0.25) is 0 Å². The summed E-state index contributed by atoms with van der Waals surface area (Å²) < 4.78 is 0. The zero-order valence-corrected chi connectivity index (χ0v) is 11.4. The SMILES string of the molecule is CCc1ccccc1NCc1ccnc(C(N)=NO)c1. The van der Waals surface area contributed by atoms with E-state index in [9.17, 15) is 0 Å². The number of anilines is 1. The first-order chi connectivity index (χ1) is 9.74. The third-order valence-corrected chi connectivity index (χ3v) is 3.08. The first-order valence-corrected chi connectivity index (χ1v) is 6.49. The van der Waals surface area contributed by atoms with Crippen LogP contribution >= 0.6 is 0 Å². The molecule has 0 saturated heterocycles. The van der Waals surface area contributed by atoms with Gasteiger partial charge in [-0.3, -0.25) is 4.98 Å². The molecule has 0 aliphatic carbocycles. The van der Waals surface area contributed by atoms with Crippen molar-refractivity contribution in [1.82, 2.24) is 4.98 Å². The van der Waals surface area contributed by atoms with Crippen molar-refractivity contribution in [2.24, 2.45) is 10.9 Å². The van der Waals surface area contributed by atoms with Crippen LogP contribution in [-0.2, 0) is 13.0 Å². The summed E-state index contributed by atoms with van der Waals surface area (Å²) in [4.78, 5) is 4.06. The molecule has 0 bridgehead atoms. The summed E-state index contributed by atoms with van der Waals surface area (Å²) in [7, 11) is 0. The monoisotopic (exact) mass is 270 g/mol. The van der Waals surface area contributed by atoms with Gasteiger partial charge in [-0.05, 0) is 35.7 Å². The van der Waals surface area contributed by atoms with Gasteiger partial charge in [0, 0.05) is 18.4 Å². The lowest BCUT2D eigenvalue weighted by Gasteiger charge is -2.11. The zero-order chi connectivity index (χ0) is 14.4. The number of aryl methyl sites for hydroxylation is 1. The van der Waals surface area contributed by atoms with E-state index >= 15 is 0 Å². The maximum absolute atomic E-state index is 8.66. The third-order valence-electron chi connectivity index (χ3n) is 3.08. The fraction of sp³-hybridized carbons (Fsp3) is 0.200. The number of amidine groups is 1. The van der Waals surface area contributed by atoms with Gasteiger partial charge in [-0.15, -0.1) is 0 Å². The van der Waals surface area contributed by atoms with E-state index in [-0.39, 0.29) is 5.84 Å². The average Bonchev–Trinajstić information content (AvgIpc) is 2.52. The molecule has 5 heteroatoms. The van der Waals surface area contributed by atoms with Crippen molar-refractivity contribution in [1.29, 1.82) is 0 Å². The van der Waals surface area contributed by atoms with Gasteiger partial charge in [0.15, 0.2) is 5.84 Å². The molecular weight excluding hydrogens is 252 g/mol. The predicted molar refractivity (Wildman–Crippen MR) is 79.9 cm³/mol. The molecule has 5 nitrogen and oxygen atoms in total. The number of oxime groups is 1. The molecule has 104 valence electrons. The normalized spacial score (nSPS) is 11.3. The molecule has 0 amide bonds. The van der Waals surface area contributed by atoms with Gasteiger partial charge in [-0.1, -0.05) is 30.3 Å². The van der Waals surface area contributed by atoms with Crippen LogP contribution in [0.15, 0.2) is 47.8 Å². The van der Waals surface area contributed by atoms with Crippen molar-refractivity contribution in [3.05, 3.63) is 59.4 Å². The first-order valence-electron chi connectivity index (χ1n) is 6.49. The summed E-state index contributed by atoms with van der Waals surface area (Å²) in [5, 5.41) is 15.0. The van der Waals surface area contributed by atoms with Crippen molar-refractivity contribution in [2.45, 2.75) is 19.9 Å². The molecule has 2 aromatic rings. The molecule has 0 spiro atoms. The second kappa shape index (κ2) is 6.56. The van der Waals surface area contributed by atoms with E-state index in [2.05, 4.69) is 34.5 Å². The molecule has 4 N–H and O–H groups in total. The zero-order valence-electron chi connectivity index (χ0n) is 11.4. The maximum Gasteiger partial charge on any atom is 0.188 e. The number of hydrogen-bond donors (Lipinski definition) is 3. The summed E-state index contributed by atoms with van der Waals surface area (Å²) in [5.41, 5.74) is 9.42. The van der Waals surface area contributed by atoms with Gasteiger partial charge in [-0.2, -0.15) is 0 Å². The predicted octanol–water partition coefficient (Wildman–Crippen LogP) is 2.35. The van der Waals surface area contributed by atoms with E-state index in [0.29, 0.717) is 12.2 Å². The molecule has 0 fully saturated rings. The van der Waals surface area contributed by atoms with Crippen LogP contribution in [0, 0.1) is 0 Å². The number of nitrogens with one attached hydrogen (secondary N) is 1. The summed E-state index contributed by atoms with van der Waals surface area (Å²) in [6, 6.07) is 11.9. The Labute approximate surface area is 118 Å². The van der Waals surface area contributed by atoms with Crippen molar-refractivity contribution >= 4 is 11.5 Å². The van der Waals surface area contributed by atoms with Gasteiger partial charge in [0.05, 0.1) is 0 Å². The van der Waals surface area contributed by atoms with Crippen LogP contribution in [0.4, 0.5) is 5.69 Å². The van der Waals surface area contributed by atoms with E-state index in [1.165, 1.54) is 5.56 Å². The molecule has 20 heavy (non-hydrogen) atoms. The average molecular weight is 270 g/mol. The fourth-order valence-corrected chi connectivity index (χ4v) is 1.97. The minimum absolute atomic E-state index is 0.0146. The highest BCUT2D eigenvalue weighted by molar-refractivity contribution is 5.95. The highest BCUT2D eigenvalue weighted by Gasteiger charge is 2.03. The largest absolute Gasteiger partial charge is 0.409 e. The van der Waals surface area contributed by atoms with Crippen LogP contribution in [0.25, 0.3) is 0 Å². The Kier molecular flexibility index (Phi) is 4.55. The van der Waals surface area contributed by atoms with Crippen LogP contribution < -0.4 is 11.1 Å². The molecular formula is C15H18N4O. The van der Waals surface area contributed by atoms with Crippen LogP contribution in [0.1, 0.15) is 23.7 Å². The number of aromatic nitrogens is 1. The van der Waals surface area contributed by atoms with E-state index in [1.54, 1.807) is 12.3 Å². The number of benzene rings is 1. The van der Waals surface area contributed by atoms with Crippen molar-refractivity contribution in [3.63, 3.8) is 0 Å². The minimum Gasteiger partial charge on any atom is -0.409 e. The fourth-order valence-electron chi connectivity index (χ4n) is 1.97. The number of nitrogens with zero attached hydrogens (tertiary/aromatic N) is 2. The highest BCUT2D eigenvalue weighted by Crippen LogP contribution is 2.16. The quantitative estimate of drug-likeness (QED) is 0.337. The van der Waals surface area contributed by atoms with Crippen molar-refractivity contribution in [2.75, 3.05) is 5.32 Å². The molecule has 2 rings (SSSR count). The lowest BCUT2D eigenvalue weighted by molar-refractivity contribution is 0.318. The van der Waals surface area contributed by atoms with Crippen molar-refractivity contribution < 1.29 is 5.21 Å². The molecule has 0 saturated carbocycles. The van der Waals surface area contributed by atoms with Crippen LogP contribution in [0.5, 0.6) is 0 Å². The Morgan fingerprint density at radius 2 is 2.15 bits per heavy atom. The standard InChI is InChI=1S/C15H18N4O/c1-2-12-5-3-4-6-13(12)18-10-11-7-8-17-14(9-11)15(16)19-20/h3-9,18,20H,2,10H2,1H3,(H2,16,19). The summed E-state index contributed by atoms with van der Waals surface area (Å²) in [6.07, 6.45) is 2.63. The number of nitrogens with two attached hydrogens (primary N) is 1. The van der Waals surface area contributed by atoms with Gasteiger partial charge in [0.25, 0.3) is 0 Å². The van der Waals surface area contributed by atoms with Gasteiger partial charge in [-0.25, -0.2) is 0 Å². The lowest BCUT2D eigenvalue weighted by atomic mass is 10.1. The van der Waals surface area contributed by atoms with Gasteiger partial charge >= 0.3 is 0 Å². The molecule has 1 heterocycles. The second-order valence-electron chi connectivity index (χ2n) is 4.40. The first kappa shape index (κ1) is 13.9. The number of hydrogen-bond acceptors (Lipinski definition) is 4. The van der Waals surface area contributed by atoms with E-state index in [4.69, 9.17) is 10.9 Å². The Balaban J connectivity index is 2.11. The van der Waals surface area contributed by atoms with E-state index in [0.717, 1.165) is 17.7 Å². The molecule has 0 aliphatic heterocycles. The third kappa shape index (κ3) is 3.26. The Morgan fingerprint density at radius 1 is 1.35 bits per heavy atom. The summed E-state index contributed by atoms with van der Waals surface area (Å²) in [5.74, 6) is 0.0146. The Bertz CT molecular complexity index is 610. The molecule has 1 aromatic heterocycles. The number of para-hydroxylation sites is 1. The van der Waals surface area contributed by atoms with Crippen LogP contribution in [-0.4, -0.2) is 16.0 Å². The van der Waals surface area contributed by atoms with Gasteiger partial charge < -0.3 is 16.3 Å². The molecule has 0 atom stereocenters. The minimum atomic E-state index is 0.0146. The van der Waals surface area contributed by atoms with E-state index < -0.39 is 0 Å². The lowest BCUT2D eigenvalue weighted by Crippen LogP contribution is -2.15. The summed E-state index contributed by atoms with van der Waals surface area (Å²) in [6.45, 7) is 2.79. The Hall–Kier alpha value is -2.56. The molecule has 0 unspecified atom stereocenters. The van der Waals surface area contributed by atoms with E-state index in [1.807, 2.05) is 18.2 Å². The van der Waals surface area contributed by atoms with Crippen molar-refractivity contribution in [3.8, 4) is 0 Å². The molecule has 0 aliphatic rings. The number of pyridine rings is 1. The Morgan fingerprint density at radius 3 is 2.90 bits per heavy atom. The number of rotatable bonds is 5.